The van der Waals surface area contributed by atoms with E-state index in [-0.39, 0.29) is 5.91 Å². The van der Waals surface area contributed by atoms with Crippen molar-refractivity contribution in [1.82, 2.24) is 4.90 Å². The fourth-order valence-corrected chi connectivity index (χ4v) is 4.06. The lowest BCUT2D eigenvalue weighted by Gasteiger charge is -2.20. The molecule has 0 unspecified atom stereocenters. The van der Waals surface area contributed by atoms with Gasteiger partial charge >= 0.3 is 0 Å². The van der Waals surface area contributed by atoms with Gasteiger partial charge in [-0.15, -0.1) is 0 Å². The van der Waals surface area contributed by atoms with Gasteiger partial charge in [0.25, 0.3) is 5.91 Å². The Kier molecular flexibility index (Phi) is 6.08. The molecule has 140 valence electrons. The average Bonchev–Trinajstić information content (AvgIpc) is 2.87. The molecule has 0 spiro atoms. The van der Waals surface area contributed by atoms with Gasteiger partial charge in [0.05, 0.1) is 26.2 Å². The number of hydrogen-bond acceptors (Lipinski definition) is 6. The number of rotatable bonds is 4. The van der Waals surface area contributed by atoms with Crippen LogP contribution < -0.4 is 14.2 Å². The first kappa shape index (κ1) is 18.6. The third-order valence-corrected chi connectivity index (χ3v) is 5.55. The van der Waals surface area contributed by atoms with Gasteiger partial charge in [0.1, 0.15) is 5.75 Å². The molecule has 2 aliphatic rings. The van der Waals surface area contributed by atoms with Crippen LogP contribution >= 0.6 is 11.8 Å². The molecule has 0 atom stereocenters. The van der Waals surface area contributed by atoms with Crippen LogP contribution in [-0.2, 0) is 4.79 Å². The van der Waals surface area contributed by atoms with Crippen molar-refractivity contribution in [1.29, 1.82) is 0 Å². The van der Waals surface area contributed by atoms with Gasteiger partial charge in [0, 0.05) is 24.7 Å². The smallest absolute Gasteiger partial charge is 0.286 e. The Hall–Kier alpha value is -2.15. The minimum absolute atomic E-state index is 0.203. The number of methoxy groups -OCH3 is 3. The highest BCUT2D eigenvalue weighted by Gasteiger charge is 2.27. The second kappa shape index (κ2) is 8.49. The quantitative estimate of drug-likeness (QED) is 0.749. The maximum absolute atomic E-state index is 12.4. The number of likely N-dealkylation sites (tertiary alicyclic amines) is 1. The van der Waals surface area contributed by atoms with Crippen LogP contribution in [0.15, 0.2) is 22.0 Å². The molecule has 0 saturated carbocycles. The lowest BCUT2D eigenvalue weighted by Crippen LogP contribution is -2.28. The number of carbonyl (C=O) groups excluding carboxylic acids is 1. The molecule has 1 fully saturated rings. The van der Waals surface area contributed by atoms with E-state index in [4.69, 9.17) is 14.2 Å². The van der Waals surface area contributed by atoms with Gasteiger partial charge < -0.3 is 19.1 Å². The van der Waals surface area contributed by atoms with Crippen molar-refractivity contribution in [3.8, 4) is 17.2 Å². The second-order valence-electron chi connectivity index (χ2n) is 6.16. The zero-order chi connectivity index (χ0) is 18.5. The molecular weight excluding hydrogens is 352 g/mol. The monoisotopic (exact) mass is 376 g/mol. The number of benzene rings is 1. The number of aliphatic imine (C=N–C) groups is 1. The van der Waals surface area contributed by atoms with Gasteiger partial charge in [-0.05, 0) is 36.7 Å². The van der Waals surface area contributed by atoms with Gasteiger partial charge in [0.2, 0.25) is 0 Å². The van der Waals surface area contributed by atoms with Gasteiger partial charge in [-0.25, -0.2) is 0 Å². The molecule has 26 heavy (non-hydrogen) atoms. The third kappa shape index (κ3) is 3.98. The molecule has 2 heterocycles. The molecule has 0 radical (unpaired) electrons. The first-order valence-electron chi connectivity index (χ1n) is 8.73. The summed E-state index contributed by atoms with van der Waals surface area (Å²) in [7, 11) is 4.75. The minimum atomic E-state index is -0.203. The molecule has 0 N–H and O–H groups in total. The van der Waals surface area contributed by atoms with E-state index in [1.54, 1.807) is 27.4 Å². The molecule has 2 aliphatic heterocycles. The van der Waals surface area contributed by atoms with E-state index in [1.165, 1.54) is 24.6 Å². The highest BCUT2D eigenvalue weighted by Crippen LogP contribution is 2.38. The number of amides is 1. The summed E-state index contributed by atoms with van der Waals surface area (Å²) in [6.45, 7) is 1.93. The standard InChI is InChI=1S/C19H24N2O4S/c1-23-14-12-16(25-3)15(24-2)10-13(14)11-17-18(22)20-19(26-17)21-8-6-4-5-7-9-21/h10-12H,4-9H2,1-3H3/b17-11-. The number of hydrogen-bond donors (Lipinski definition) is 0. The molecule has 7 heteroatoms. The summed E-state index contributed by atoms with van der Waals surface area (Å²) in [4.78, 5) is 19.5. The largest absolute Gasteiger partial charge is 0.496 e. The topological polar surface area (TPSA) is 60.4 Å². The Morgan fingerprint density at radius 3 is 2.19 bits per heavy atom. The molecule has 1 aromatic rings. The first-order chi connectivity index (χ1) is 12.7. The van der Waals surface area contributed by atoms with E-state index in [0.29, 0.717) is 22.2 Å². The van der Waals surface area contributed by atoms with Crippen LogP contribution in [-0.4, -0.2) is 50.4 Å². The van der Waals surface area contributed by atoms with Crippen molar-refractivity contribution in [2.45, 2.75) is 25.7 Å². The first-order valence-corrected chi connectivity index (χ1v) is 9.55. The number of carbonyl (C=O) groups is 1. The van der Waals surface area contributed by atoms with Gasteiger partial charge in [-0.2, -0.15) is 4.99 Å². The summed E-state index contributed by atoms with van der Waals surface area (Å²) in [5.74, 6) is 1.58. The van der Waals surface area contributed by atoms with Crippen LogP contribution in [0.2, 0.25) is 0 Å². The van der Waals surface area contributed by atoms with Crippen LogP contribution in [0, 0.1) is 0 Å². The maximum atomic E-state index is 12.4. The van der Waals surface area contributed by atoms with E-state index in [9.17, 15) is 4.79 Å². The minimum Gasteiger partial charge on any atom is -0.496 e. The zero-order valence-electron chi connectivity index (χ0n) is 15.4. The van der Waals surface area contributed by atoms with Gasteiger partial charge in [0.15, 0.2) is 16.7 Å². The van der Waals surface area contributed by atoms with Crippen molar-refractivity contribution < 1.29 is 19.0 Å². The van der Waals surface area contributed by atoms with E-state index in [0.717, 1.165) is 36.7 Å². The SMILES string of the molecule is COc1cc(OC)c(OC)cc1/C=C1\SC(N2CCCCCC2)=NC1=O. The Morgan fingerprint density at radius 2 is 1.58 bits per heavy atom. The van der Waals surface area contributed by atoms with Crippen LogP contribution in [0.25, 0.3) is 6.08 Å². The summed E-state index contributed by atoms with van der Waals surface area (Å²) in [6.07, 6.45) is 6.59. The number of thioether (sulfide) groups is 1. The van der Waals surface area contributed by atoms with Crippen LogP contribution in [0.5, 0.6) is 17.2 Å². The molecular formula is C19H24N2O4S. The van der Waals surface area contributed by atoms with Crippen molar-refractivity contribution in [3.05, 3.63) is 22.6 Å². The Bertz CT molecular complexity index is 737. The van der Waals surface area contributed by atoms with Crippen molar-refractivity contribution in [2.24, 2.45) is 4.99 Å². The third-order valence-electron chi connectivity index (χ3n) is 4.51. The number of ether oxygens (including phenoxy) is 3. The van der Waals surface area contributed by atoms with Crippen LogP contribution in [0.1, 0.15) is 31.2 Å². The molecule has 0 aromatic heterocycles. The summed E-state index contributed by atoms with van der Waals surface area (Å²) >= 11 is 1.43. The maximum Gasteiger partial charge on any atom is 0.286 e. The zero-order valence-corrected chi connectivity index (χ0v) is 16.2. The van der Waals surface area contributed by atoms with Crippen LogP contribution in [0.3, 0.4) is 0 Å². The lowest BCUT2D eigenvalue weighted by atomic mass is 10.1. The normalized spacial score (nSPS) is 19.3. The molecule has 1 saturated heterocycles. The molecule has 6 nitrogen and oxygen atoms in total. The van der Waals surface area contributed by atoms with E-state index >= 15 is 0 Å². The summed E-state index contributed by atoms with van der Waals surface area (Å²) in [6, 6.07) is 3.56. The summed E-state index contributed by atoms with van der Waals surface area (Å²) in [5.41, 5.74) is 0.758. The van der Waals surface area contributed by atoms with Crippen LogP contribution in [0.4, 0.5) is 0 Å². The van der Waals surface area contributed by atoms with Crippen molar-refractivity contribution in [3.63, 3.8) is 0 Å². The predicted molar refractivity (Wildman–Crippen MR) is 104 cm³/mol. The molecule has 0 aliphatic carbocycles. The molecule has 0 bridgehead atoms. The van der Waals surface area contributed by atoms with Crippen molar-refractivity contribution in [2.75, 3.05) is 34.4 Å². The second-order valence-corrected chi connectivity index (χ2v) is 7.17. The highest BCUT2D eigenvalue weighted by molar-refractivity contribution is 8.18. The fourth-order valence-electron chi connectivity index (χ4n) is 3.10. The fraction of sp³-hybridized carbons (Fsp3) is 0.474. The highest BCUT2D eigenvalue weighted by atomic mass is 32.2. The van der Waals surface area contributed by atoms with E-state index < -0.39 is 0 Å². The van der Waals surface area contributed by atoms with E-state index in [1.807, 2.05) is 12.1 Å². The molecule has 1 amide bonds. The summed E-state index contributed by atoms with van der Waals surface area (Å²) in [5, 5.41) is 0.808. The average molecular weight is 376 g/mol. The Balaban J connectivity index is 1.85. The van der Waals surface area contributed by atoms with E-state index in [2.05, 4.69) is 9.89 Å². The Morgan fingerprint density at radius 1 is 0.962 bits per heavy atom. The Labute approximate surface area is 158 Å². The number of amidine groups is 1. The molecule has 1 aromatic carbocycles. The molecule has 3 rings (SSSR count). The van der Waals surface area contributed by atoms with Gasteiger partial charge in [-0.3, -0.25) is 4.79 Å². The predicted octanol–water partition coefficient (Wildman–Crippen LogP) is 3.56. The van der Waals surface area contributed by atoms with Crippen molar-refractivity contribution >= 4 is 28.9 Å². The number of nitrogens with zero attached hydrogens (tertiary/aromatic N) is 2. The summed E-state index contributed by atoms with van der Waals surface area (Å²) < 4.78 is 16.1. The lowest BCUT2D eigenvalue weighted by molar-refractivity contribution is -0.113. The van der Waals surface area contributed by atoms with Gasteiger partial charge in [-0.1, -0.05) is 12.8 Å².